The van der Waals surface area contributed by atoms with Crippen molar-refractivity contribution in [3.05, 3.63) is 0 Å². The van der Waals surface area contributed by atoms with Crippen molar-refractivity contribution in [1.29, 1.82) is 0 Å². The molecule has 0 bridgehead atoms. The van der Waals surface area contributed by atoms with Crippen molar-refractivity contribution in [3.63, 3.8) is 0 Å². The summed E-state index contributed by atoms with van der Waals surface area (Å²) in [7, 11) is -3.38. The fourth-order valence-electron chi connectivity index (χ4n) is 0. The van der Waals surface area contributed by atoms with Gasteiger partial charge < -0.3 is 20.2 Å². The minimum absolute atomic E-state index is 0. The monoisotopic (exact) mass is 133 g/mol. The molecule has 0 amide bonds. The van der Waals surface area contributed by atoms with Gasteiger partial charge in [-0.2, -0.15) is 0 Å². The molecular weight excluding hydrogens is 129 g/mol. The van der Waals surface area contributed by atoms with Crippen LogP contribution in [0.4, 0.5) is 0 Å². The van der Waals surface area contributed by atoms with E-state index in [0.29, 0.717) is 0 Å². The molecule has 0 aliphatic carbocycles. The van der Waals surface area contributed by atoms with Crippen LogP contribution in [0, 0.1) is 0 Å². The first kappa shape index (κ1) is 15.7. The van der Waals surface area contributed by atoms with Crippen LogP contribution >= 0.6 is 0 Å². The van der Waals surface area contributed by atoms with Crippen molar-refractivity contribution in [2.24, 2.45) is 0 Å². The molecule has 0 radical (unpaired) electrons. The second kappa shape index (κ2) is 9.51. The van der Waals surface area contributed by atoms with Gasteiger partial charge in [0, 0.05) is 0 Å². The Morgan fingerprint density at radius 1 is 1.67 bits per heavy atom. The SMILES string of the molecule is N.O=[Si]([O-])O.[K+]. The van der Waals surface area contributed by atoms with Gasteiger partial charge in [-0.3, -0.25) is 0 Å². The summed E-state index contributed by atoms with van der Waals surface area (Å²) in [5, 5.41) is 0. The maximum absolute atomic E-state index is 8.63. The van der Waals surface area contributed by atoms with Crippen LogP contribution in [-0.2, 0) is 4.46 Å². The molecule has 0 atom stereocenters. The molecule has 0 saturated heterocycles. The van der Waals surface area contributed by atoms with E-state index in [1.807, 2.05) is 0 Å². The predicted molar refractivity (Wildman–Crippen MR) is 13.7 cm³/mol. The van der Waals surface area contributed by atoms with Crippen molar-refractivity contribution in [1.82, 2.24) is 6.15 Å². The number of hydrogen-bond donors (Lipinski definition) is 2. The Morgan fingerprint density at radius 3 is 1.67 bits per heavy atom. The van der Waals surface area contributed by atoms with Crippen LogP contribution in [0.5, 0.6) is 0 Å². The zero-order valence-electron chi connectivity index (χ0n) is 3.47. The van der Waals surface area contributed by atoms with Gasteiger partial charge in [0.25, 0.3) is 0 Å². The Balaban J connectivity index is -0.0000000450. The van der Waals surface area contributed by atoms with Crippen LogP contribution in [0.1, 0.15) is 0 Å². The largest absolute Gasteiger partial charge is 1.00 e. The van der Waals surface area contributed by atoms with Crippen molar-refractivity contribution < 1.29 is 65.4 Å². The Hall–Kier alpha value is 1.21. The molecule has 0 saturated carbocycles. The first-order valence-corrected chi connectivity index (χ1v) is 1.90. The molecule has 0 fully saturated rings. The van der Waals surface area contributed by atoms with Crippen molar-refractivity contribution >= 4 is 9.17 Å². The summed E-state index contributed by atoms with van der Waals surface area (Å²) < 4.78 is 8.63. The fourth-order valence-corrected chi connectivity index (χ4v) is 0. The third-order valence-corrected chi connectivity index (χ3v) is 0. The third kappa shape index (κ3) is 62.9. The molecule has 0 unspecified atom stereocenters. The first-order valence-electron chi connectivity index (χ1n) is 0.632. The fraction of sp³-hybridized carbons (Fsp3) is 0. The van der Waals surface area contributed by atoms with E-state index in [1.165, 1.54) is 0 Å². The summed E-state index contributed by atoms with van der Waals surface area (Å²) >= 11 is 0. The summed E-state index contributed by atoms with van der Waals surface area (Å²) in [5.74, 6) is 0. The van der Waals surface area contributed by atoms with E-state index < -0.39 is 9.17 Å². The minimum atomic E-state index is -3.38. The zero-order chi connectivity index (χ0) is 3.58. The minimum Gasteiger partial charge on any atom is -0.604 e. The van der Waals surface area contributed by atoms with Gasteiger partial charge in [-0.05, 0) is 0 Å². The third-order valence-electron chi connectivity index (χ3n) is 0. The van der Waals surface area contributed by atoms with E-state index in [1.54, 1.807) is 0 Å². The zero-order valence-corrected chi connectivity index (χ0v) is 7.59. The maximum Gasteiger partial charge on any atom is 1.00 e. The molecule has 0 aliphatic heterocycles. The molecule has 0 aromatic carbocycles. The molecule has 6 heteroatoms. The molecule has 0 heterocycles. The Morgan fingerprint density at radius 2 is 1.67 bits per heavy atom. The second-order valence-corrected chi connectivity index (χ2v) is 0.798. The van der Waals surface area contributed by atoms with Crippen LogP contribution in [0.3, 0.4) is 0 Å². The Kier molecular flexibility index (Phi) is 24.9. The average molecular weight is 133 g/mol. The van der Waals surface area contributed by atoms with Crippen molar-refractivity contribution in [2.45, 2.75) is 0 Å². The predicted octanol–water partition coefficient (Wildman–Crippen LogP) is -5.08. The average Bonchev–Trinajstić information content (AvgIpc) is 0.811. The second-order valence-electron chi connectivity index (χ2n) is 0.266. The molecule has 0 aromatic heterocycles. The van der Waals surface area contributed by atoms with Gasteiger partial charge in [-0.25, -0.2) is 0 Å². The smallest absolute Gasteiger partial charge is 0.604 e. The number of rotatable bonds is 0. The van der Waals surface area contributed by atoms with Gasteiger partial charge in [0.1, 0.15) is 0 Å². The van der Waals surface area contributed by atoms with Crippen molar-refractivity contribution in [2.75, 3.05) is 0 Å². The molecule has 6 heavy (non-hydrogen) atoms. The van der Waals surface area contributed by atoms with Gasteiger partial charge in [0.2, 0.25) is 0 Å². The Bertz CT molecular complexity index is 33.8. The van der Waals surface area contributed by atoms with Crippen LogP contribution in [0.15, 0.2) is 0 Å². The van der Waals surface area contributed by atoms with E-state index in [0.717, 1.165) is 0 Å². The number of hydrogen-bond acceptors (Lipinski definition) is 3. The molecule has 0 spiro atoms. The molecule has 0 aromatic rings. The van der Waals surface area contributed by atoms with E-state index in [9.17, 15) is 0 Å². The van der Waals surface area contributed by atoms with Gasteiger partial charge in [0.05, 0.1) is 0 Å². The van der Waals surface area contributed by atoms with Gasteiger partial charge in [0.15, 0.2) is 0 Å². The van der Waals surface area contributed by atoms with E-state index in [-0.39, 0.29) is 57.5 Å². The summed E-state index contributed by atoms with van der Waals surface area (Å²) in [4.78, 5) is 15.7. The molecular formula is H4KNO3Si. The van der Waals surface area contributed by atoms with Gasteiger partial charge in [-0.1, -0.05) is 0 Å². The topological polar surface area (TPSA) is 95.4 Å². The van der Waals surface area contributed by atoms with E-state index >= 15 is 0 Å². The van der Waals surface area contributed by atoms with Crippen LogP contribution in [0.25, 0.3) is 0 Å². The molecule has 0 rings (SSSR count). The standard InChI is InChI=1S/K.H3N.HO3Si/c;;1-4(2)3/h;1H3;1H/q+1;;-1. The molecule has 32 valence electrons. The van der Waals surface area contributed by atoms with Crippen LogP contribution in [-0.4, -0.2) is 14.0 Å². The molecule has 0 aliphatic rings. The summed E-state index contributed by atoms with van der Waals surface area (Å²) in [6.07, 6.45) is 0. The normalized spacial score (nSPS) is 4.00. The van der Waals surface area contributed by atoms with Crippen molar-refractivity contribution in [3.8, 4) is 0 Å². The maximum atomic E-state index is 8.63. The molecule has 4 N–H and O–H groups in total. The van der Waals surface area contributed by atoms with E-state index in [4.69, 9.17) is 14.1 Å². The quantitative estimate of drug-likeness (QED) is 0.323. The van der Waals surface area contributed by atoms with E-state index in [2.05, 4.69) is 0 Å². The van der Waals surface area contributed by atoms with Gasteiger partial charge in [-0.15, -0.1) is 0 Å². The molecule has 4 nitrogen and oxygen atoms in total. The van der Waals surface area contributed by atoms with Gasteiger partial charge >= 0.3 is 60.6 Å². The summed E-state index contributed by atoms with van der Waals surface area (Å²) in [5.41, 5.74) is 0. The van der Waals surface area contributed by atoms with Crippen LogP contribution in [0.2, 0.25) is 0 Å². The first-order chi connectivity index (χ1) is 1.73. The summed E-state index contributed by atoms with van der Waals surface area (Å²) in [6.45, 7) is 0. The summed E-state index contributed by atoms with van der Waals surface area (Å²) in [6, 6.07) is 0. The Labute approximate surface area is 79.5 Å². The van der Waals surface area contributed by atoms with Crippen LogP contribution < -0.4 is 62.3 Å².